The van der Waals surface area contributed by atoms with Gasteiger partial charge in [-0.3, -0.25) is 0 Å². The topological polar surface area (TPSA) is 64.9 Å². The normalized spacial score (nSPS) is 14.3. The van der Waals surface area contributed by atoms with Gasteiger partial charge >= 0.3 is 0 Å². The van der Waals surface area contributed by atoms with Crippen LogP contribution in [-0.2, 0) is 0 Å². The van der Waals surface area contributed by atoms with Gasteiger partial charge in [0.05, 0.1) is 10.5 Å². The Morgan fingerprint density at radius 1 is 1.40 bits per heavy atom. The highest BCUT2D eigenvalue weighted by molar-refractivity contribution is 9.10. The Labute approximate surface area is 123 Å². The molecule has 20 heavy (non-hydrogen) atoms. The van der Waals surface area contributed by atoms with E-state index in [0.29, 0.717) is 5.56 Å². The summed E-state index contributed by atoms with van der Waals surface area (Å²) in [5.41, 5.74) is 6.31. The van der Waals surface area contributed by atoms with Gasteiger partial charge in [-0.15, -0.1) is 0 Å². The SMILES string of the molecule is CCC(C)[C@H](N)c1nc(-c2ccc(F)c(F)c2Br)no1. The molecule has 0 saturated heterocycles. The molecule has 1 aromatic carbocycles. The van der Waals surface area contributed by atoms with E-state index < -0.39 is 11.6 Å². The largest absolute Gasteiger partial charge is 0.337 e. The summed E-state index contributed by atoms with van der Waals surface area (Å²) >= 11 is 2.99. The second-order valence-electron chi connectivity index (χ2n) is 4.59. The average Bonchev–Trinajstić information content (AvgIpc) is 2.92. The van der Waals surface area contributed by atoms with Gasteiger partial charge in [-0.25, -0.2) is 8.78 Å². The number of benzene rings is 1. The van der Waals surface area contributed by atoms with Gasteiger partial charge in [0.25, 0.3) is 0 Å². The van der Waals surface area contributed by atoms with Gasteiger partial charge in [-0.2, -0.15) is 4.98 Å². The lowest BCUT2D eigenvalue weighted by atomic mass is 10.0. The number of nitrogens with two attached hydrogens (primary N) is 1. The molecule has 2 N–H and O–H groups in total. The third kappa shape index (κ3) is 2.73. The lowest BCUT2D eigenvalue weighted by Gasteiger charge is -2.12. The molecular weight excluding hydrogens is 332 g/mol. The van der Waals surface area contributed by atoms with Gasteiger partial charge in [0.15, 0.2) is 11.6 Å². The Balaban J connectivity index is 2.36. The van der Waals surface area contributed by atoms with Gasteiger partial charge in [0.2, 0.25) is 11.7 Å². The Morgan fingerprint density at radius 2 is 2.10 bits per heavy atom. The highest BCUT2D eigenvalue weighted by Gasteiger charge is 2.22. The van der Waals surface area contributed by atoms with Crippen LogP contribution in [0.5, 0.6) is 0 Å². The molecule has 0 spiro atoms. The minimum atomic E-state index is -0.986. The number of aromatic nitrogens is 2. The van der Waals surface area contributed by atoms with Crippen molar-refractivity contribution in [2.24, 2.45) is 11.7 Å². The van der Waals surface area contributed by atoms with E-state index in [2.05, 4.69) is 26.1 Å². The second kappa shape index (κ2) is 5.97. The van der Waals surface area contributed by atoms with Crippen LogP contribution in [0.25, 0.3) is 11.4 Å². The summed E-state index contributed by atoms with van der Waals surface area (Å²) in [6.45, 7) is 3.98. The van der Waals surface area contributed by atoms with E-state index >= 15 is 0 Å². The van der Waals surface area contributed by atoms with Crippen LogP contribution in [0.2, 0.25) is 0 Å². The first-order valence-electron chi connectivity index (χ1n) is 6.18. The maximum absolute atomic E-state index is 13.5. The average molecular weight is 346 g/mol. The fraction of sp³-hybridized carbons (Fsp3) is 0.385. The van der Waals surface area contributed by atoms with Crippen molar-refractivity contribution in [3.8, 4) is 11.4 Å². The molecule has 0 saturated carbocycles. The molecule has 108 valence electrons. The summed E-state index contributed by atoms with van der Waals surface area (Å²) < 4.78 is 31.6. The molecule has 2 rings (SSSR count). The summed E-state index contributed by atoms with van der Waals surface area (Å²) in [5.74, 6) is -1.30. The highest BCUT2D eigenvalue weighted by atomic mass is 79.9. The van der Waals surface area contributed by atoms with Gasteiger partial charge in [-0.1, -0.05) is 25.4 Å². The minimum absolute atomic E-state index is 0.0399. The van der Waals surface area contributed by atoms with E-state index in [1.807, 2.05) is 13.8 Å². The molecule has 7 heteroatoms. The van der Waals surface area contributed by atoms with E-state index in [-0.39, 0.29) is 28.1 Å². The quantitative estimate of drug-likeness (QED) is 0.855. The maximum Gasteiger partial charge on any atom is 0.244 e. The third-order valence-corrected chi connectivity index (χ3v) is 4.04. The summed E-state index contributed by atoms with van der Waals surface area (Å²) in [5, 5.41) is 3.77. The lowest BCUT2D eigenvalue weighted by molar-refractivity contribution is 0.312. The number of nitrogens with zero attached hydrogens (tertiary/aromatic N) is 2. The van der Waals surface area contributed by atoms with Crippen LogP contribution in [0, 0.1) is 17.6 Å². The van der Waals surface area contributed by atoms with Crippen molar-refractivity contribution in [1.29, 1.82) is 0 Å². The first-order valence-corrected chi connectivity index (χ1v) is 6.98. The van der Waals surface area contributed by atoms with E-state index in [1.54, 1.807) is 0 Å². The van der Waals surface area contributed by atoms with Crippen LogP contribution >= 0.6 is 15.9 Å². The third-order valence-electron chi connectivity index (χ3n) is 3.26. The van der Waals surface area contributed by atoms with Gasteiger partial charge in [0.1, 0.15) is 0 Å². The minimum Gasteiger partial charge on any atom is -0.337 e. The molecule has 1 aromatic heterocycles. The van der Waals surface area contributed by atoms with Crippen LogP contribution in [0.4, 0.5) is 8.78 Å². The fourth-order valence-electron chi connectivity index (χ4n) is 1.68. The fourth-order valence-corrected chi connectivity index (χ4v) is 2.17. The molecule has 1 unspecified atom stereocenters. The molecule has 0 fully saturated rings. The zero-order chi connectivity index (χ0) is 14.9. The second-order valence-corrected chi connectivity index (χ2v) is 5.38. The predicted molar refractivity (Wildman–Crippen MR) is 73.7 cm³/mol. The molecule has 0 aliphatic rings. The van der Waals surface area contributed by atoms with Crippen molar-refractivity contribution in [3.63, 3.8) is 0 Å². The Hall–Kier alpha value is -1.34. The highest BCUT2D eigenvalue weighted by Crippen LogP contribution is 2.31. The summed E-state index contributed by atoms with van der Waals surface area (Å²) in [6, 6.07) is 2.01. The number of hydrogen-bond donors (Lipinski definition) is 1. The first-order chi connectivity index (χ1) is 9.45. The van der Waals surface area contributed by atoms with Crippen molar-refractivity contribution in [2.75, 3.05) is 0 Å². The summed E-state index contributed by atoms with van der Waals surface area (Å²) in [4.78, 5) is 4.16. The summed E-state index contributed by atoms with van der Waals surface area (Å²) in [6.07, 6.45) is 0.869. The van der Waals surface area contributed by atoms with Crippen LogP contribution in [0.15, 0.2) is 21.1 Å². The Morgan fingerprint density at radius 3 is 2.75 bits per heavy atom. The van der Waals surface area contributed by atoms with Gasteiger partial charge < -0.3 is 10.3 Å². The predicted octanol–water partition coefficient (Wildman–Crippen LogP) is 3.82. The molecule has 2 atom stereocenters. The smallest absolute Gasteiger partial charge is 0.244 e. The number of hydrogen-bond acceptors (Lipinski definition) is 4. The van der Waals surface area contributed by atoms with Crippen LogP contribution in [-0.4, -0.2) is 10.1 Å². The Bertz CT molecular complexity index is 618. The van der Waals surface area contributed by atoms with E-state index in [1.165, 1.54) is 6.07 Å². The van der Waals surface area contributed by atoms with E-state index in [4.69, 9.17) is 10.3 Å². The van der Waals surface area contributed by atoms with E-state index in [9.17, 15) is 8.78 Å². The molecule has 0 bridgehead atoms. The number of rotatable bonds is 4. The van der Waals surface area contributed by atoms with E-state index in [0.717, 1.165) is 12.5 Å². The maximum atomic E-state index is 13.5. The molecule has 0 amide bonds. The van der Waals surface area contributed by atoms with Crippen LogP contribution in [0.3, 0.4) is 0 Å². The van der Waals surface area contributed by atoms with Crippen molar-refractivity contribution in [2.45, 2.75) is 26.3 Å². The molecule has 0 radical (unpaired) electrons. The van der Waals surface area contributed by atoms with Crippen LogP contribution < -0.4 is 5.73 Å². The molecule has 4 nitrogen and oxygen atoms in total. The molecule has 0 aliphatic carbocycles. The molecule has 0 aliphatic heterocycles. The first kappa shape index (κ1) is 15.1. The Kier molecular flexibility index (Phi) is 4.49. The zero-order valence-corrected chi connectivity index (χ0v) is 12.6. The zero-order valence-electron chi connectivity index (χ0n) is 11.0. The van der Waals surface area contributed by atoms with Crippen molar-refractivity contribution < 1.29 is 13.3 Å². The standard InChI is InChI=1S/C13H14BrF2N3O/c1-3-6(2)11(17)13-18-12(19-20-13)7-4-5-8(15)10(16)9(7)14/h4-6,11H,3,17H2,1-2H3/t6?,11-/m0/s1. The number of halogens is 3. The van der Waals surface area contributed by atoms with Crippen molar-refractivity contribution >= 4 is 15.9 Å². The molecule has 2 aromatic rings. The monoisotopic (exact) mass is 345 g/mol. The molecule has 1 heterocycles. The van der Waals surface area contributed by atoms with Gasteiger partial charge in [0, 0.05) is 5.56 Å². The van der Waals surface area contributed by atoms with Gasteiger partial charge in [-0.05, 0) is 34.0 Å². The van der Waals surface area contributed by atoms with Crippen molar-refractivity contribution in [1.82, 2.24) is 10.1 Å². The lowest BCUT2D eigenvalue weighted by Crippen LogP contribution is -2.18. The van der Waals surface area contributed by atoms with Crippen molar-refractivity contribution in [3.05, 3.63) is 34.1 Å². The molecular formula is C13H14BrF2N3O. The van der Waals surface area contributed by atoms with Crippen LogP contribution in [0.1, 0.15) is 32.2 Å². The summed E-state index contributed by atoms with van der Waals surface area (Å²) in [7, 11) is 0.